The lowest BCUT2D eigenvalue weighted by Gasteiger charge is -2.23. The molecule has 0 unspecified atom stereocenters. The summed E-state index contributed by atoms with van der Waals surface area (Å²) < 4.78 is 16.1. The van der Waals surface area contributed by atoms with Crippen molar-refractivity contribution in [2.24, 2.45) is 11.1 Å². The summed E-state index contributed by atoms with van der Waals surface area (Å²) in [6, 6.07) is 3.86. The number of methoxy groups -OCH3 is 1. The van der Waals surface area contributed by atoms with Crippen molar-refractivity contribution < 1.29 is 14.2 Å². The van der Waals surface area contributed by atoms with E-state index in [4.69, 9.17) is 19.9 Å². The first-order valence-corrected chi connectivity index (χ1v) is 5.72. The fraction of sp³-hybridized carbons (Fsp3) is 0.538. The summed E-state index contributed by atoms with van der Waals surface area (Å²) in [5.41, 5.74) is 6.91. The van der Waals surface area contributed by atoms with Gasteiger partial charge in [0.15, 0.2) is 11.5 Å². The van der Waals surface area contributed by atoms with Crippen LogP contribution in [0.25, 0.3) is 0 Å². The largest absolute Gasteiger partial charge is 0.496 e. The van der Waals surface area contributed by atoms with E-state index in [1.807, 2.05) is 12.1 Å². The van der Waals surface area contributed by atoms with E-state index >= 15 is 0 Å². The fourth-order valence-corrected chi connectivity index (χ4v) is 1.88. The van der Waals surface area contributed by atoms with Gasteiger partial charge in [0.05, 0.1) is 7.11 Å². The molecule has 0 bridgehead atoms. The maximum atomic E-state index is 5.76. The van der Waals surface area contributed by atoms with E-state index in [1.165, 1.54) is 0 Å². The molecule has 1 heterocycles. The SMILES string of the molecule is COc1cc2c(cc1CC(C)(C)CN)OCO2. The van der Waals surface area contributed by atoms with Crippen LogP contribution in [0, 0.1) is 5.41 Å². The molecule has 1 aromatic carbocycles. The highest BCUT2D eigenvalue weighted by Crippen LogP contribution is 2.39. The third kappa shape index (κ3) is 2.47. The van der Waals surface area contributed by atoms with Crippen molar-refractivity contribution in [1.29, 1.82) is 0 Å². The molecule has 0 aliphatic carbocycles. The van der Waals surface area contributed by atoms with Crippen LogP contribution in [0.4, 0.5) is 0 Å². The molecule has 2 N–H and O–H groups in total. The number of nitrogens with two attached hydrogens (primary N) is 1. The minimum atomic E-state index is 0.0426. The van der Waals surface area contributed by atoms with E-state index in [-0.39, 0.29) is 12.2 Å². The molecule has 1 aliphatic rings. The van der Waals surface area contributed by atoms with E-state index in [2.05, 4.69) is 13.8 Å². The fourth-order valence-electron chi connectivity index (χ4n) is 1.88. The molecular formula is C13H19NO3. The zero-order valence-electron chi connectivity index (χ0n) is 10.6. The minimum Gasteiger partial charge on any atom is -0.496 e. The zero-order valence-corrected chi connectivity index (χ0v) is 10.6. The Morgan fingerprint density at radius 2 is 1.94 bits per heavy atom. The molecule has 17 heavy (non-hydrogen) atoms. The number of rotatable bonds is 4. The molecule has 1 aliphatic heterocycles. The van der Waals surface area contributed by atoms with Gasteiger partial charge in [-0.1, -0.05) is 13.8 Å². The number of fused-ring (bicyclic) bond motifs is 1. The van der Waals surface area contributed by atoms with Gasteiger partial charge >= 0.3 is 0 Å². The van der Waals surface area contributed by atoms with Crippen molar-refractivity contribution in [3.63, 3.8) is 0 Å². The Kier molecular flexibility index (Phi) is 3.15. The Hall–Kier alpha value is -1.42. The van der Waals surface area contributed by atoms with E-state index in [0.29, 0.717) is 6.54 Å². The van der Waals surface area contributed by atoms with Gasteiger partial charge in [-0.25, -0.2) is 0 Å². The van der Waals surface area contributed by atoms with Gasteiger partial charge in [-0.2, -0.15) is 0 Å². The molecule has 0 amide bonds. The summed E-state index contributed by atoms with van der Waals surface area (Å²) >= 11 is 0. The number of hydrogen-bond donors (Lipinski definition) is 1. The van der Waals surface area contributed by atoms with Crippen LogP contribution in [0.2, 0.25) is 0 Å². The number of hydrogen-bond acceptors (Lipinski definition) is 4. The molecule has 0 atom stereocenters. The van der Waals surface area contributed by atoms with Gasteiger partial charge in [-0.3, -0.25) is 0 Å². The Morgan fingerprint density at radius 3 is 2.53 bits per heavy atom. The normalized spacial score (nSPS) is 13.9. The summed E-state index contributed by atoms with van der Waals surface area (Å²) in [4.78, 5) is 0. The van der Waals surface area contributed by atoms with Crippen molar-refractivity contribution in [2.45, 2.75) is 20.3 Å². The smallest absolute Gasteiger partial charge is 0.231 e. The average Bonchev–Trinajstić information content (AvgIpc) is 2.74. The second-order valence-corrected chi connectivity index (χ2v) is 5.06. The highest BCUT2D eigenvalue weighted by atomic mass is 16.7. The van der Waals surface area contributed by atoms with Crippen LogP contribution >= 0.6 is 0 Å². The second-order valence-electron chi connectivity index (χ2n) is 5.06. The van der Waals surface area contributed by atoms with Crippen LogP contribution in [0.15, 0.2) is 12.1 Å². The van der Waals surface area contributed by atoms with Gasteiger partial charge < -0.3 is 19.9 Å². The maximum Gasteiger partial charge on any atom is 0.231 e. The lowest BCUT2D eigenvalue weighted by atomic mass is 9.85. The van der Waals surface area contributed by atoms with Gasteiger partial charge in [-0.15, -0.1) is 0 Å². The molecule has 1 aromatic rings. The van der Waals surface area contributed by atoms with Crippen LogP contribution in [-0.4, -0.2) is 20.4 Å². The lowest BCUT2D eigenvalue weighted by Crippen LogP contribution is -2.26. The third-order valence-corrected chi connectivity index (χ3v) is 3.00. The van der Waals surface area contributed by atoms with Crippen LogP contribution < -0.4 is 19.9 Å². The van der Waals surface area contributed by atoms with Crippen molar-refractivity contribution in [2.75, 3.05) is 20.4 Å². The lowest BCUT2D eigenvalue weighted by molar-refractivity contribution is 0.174. The Balaban J connectivity index is 2.33. The molecule has 0 radical (unpaired) electrons. The minimum absolute atomic E-state index is 0.0426. The van der Waals surface area contributed by atoms with Gasteiger partial charge in [-0.05, 0) is 30.0 Å². The van der Waals surface area contributed by atoms with Gasteiger partial charge in [0.25, 0.3) is 0 Å². The predicted octanol–water partition coefficient (Wildman–Crippen LogP) is 1.95. The highest BCUT2D eigenvalue weighted by molar-refractivity contribution is 5.52. The topological polar surface area (TPSA) is 53.7 Å². The van der Waals surface area contributed by atoms with E-state index in [1.54, 1.807) is 7.11 Å². The van der Waals surface area contributed by atoms with Crippen molar-refractivity contribution in [3.05, 3.63) is 17.7 Å². The Bertz CT molecular complexity index is 415. The third-order valence-electron chi connectivity index (χ3n) is 3.00. The van der Waals surface area contributed by atoms with Crippen LogP contribution in [0.1, 0.15) is 19.4 Å². The Labute approximate surface area is 102 Å². The first kappa shape index (κ1) is 12.0. The molecule has 94 valence electrons. The number of ether oxygens (including phenoxy) is 3. The van der Waals surface area contributed by atoms with Crippen molar-refractivity contribution >= 4 is 0 Å². The monoisotopic (exact) mass is 237 g/mol. The number of benzene rings is 1. The average molecular weight is 237 g/mol. The highest BCUT2D eigenvalue weighted by Gasteiger charge is 2.23. The van der Waals surface area contributed by atoms with Crippen LogP contribution in [0.5, 0.6) is 17.2 Å². The first-order chi connectivity index (χ1) is 8.05. The second kappa shape index (κ2) is 4.45. The molecule has 0 saturated carbocycles. The first-order valence-electron chi connectivity index (χ1n) is 5.72. The predicted molar refractivity (Wildman–Crippen MR) is 65.7 cm³/mol. The molecule has 4 heteroatoms. The molecule has 0 aromatic heterocycles. The van der Waals surface area contributed by atoms with Crippen molar-refractivity contribution in [3.8, 4) is 17.2 Å². The van der Waals surface area contributed by atoms with Crippen molar-refractivity contribution in [1.82, 2.24) is 0 Å². The maximum absolute atomic E-state index is 5.76. The molecule has 4 nitrogen and oxygen atoms in total. The molecule has 2 rings (SSSR count). The van der Waals surface area contributed by atoms with Crippen LogP contribution in [0.3, 0.4) is 0 Å². The summed E-state index contributed by atoms with van der Waals surface area (Å²) in [6.45, 7) is 5.18. The zero-order chi connectivity index (χ0) is 12.5. The van der Waals surface area contributed by atoms with E-state index < -0.39 is 0 Å². The molecule has 0 saturated heterocycles. The summed E-state index contributed by atoms with van der Waals surface area (Å²) in [5.74, 6) is 2.36. The molecule has 0 spiro atoms. The summed E-state index contributed by atoms with van der Waals surface area (Å²) in [6.07, 6.45) is 0.851. The van der Waals surface area contributed by atoms with Gasteiger partial charge in [0, 0.05) is 6.07 Å². The van der Waals surface area contributed by atoms with E-state index in [9.17, 15) is 0 Å². The summed E-state index contributed by atoms with van der Waals surface area (Å²) in [5, 5.41) is 0. The summed E-state index contributed by atoms with van der Waals surface area (Å²) in [7, 11) is 1.66. The quantitative estimate of drug-likeness (QED) is 0.869. The standard InChI is InChI=1S/C13H19NO3/c1-13(2,7-14)6-9-4-11-12(17-8-16-11)5-10(9)15-3/h4-5H,6-8,14H2,1-3H3. The Morgan fingerprint density at radius 1 is 1.29 bits per heavy atom. The van der Waals surface area contributed by atoms with E-state index in [0.717, 1.165) is 29.2 Å². The molecular weight excluding hydrogens is 218 g/mol. The van der Waals surface area contributed by atoms with Crippen LogP contribution in [-0.2, 0) is 6.42 Å². The van der Waals surface area contributed by atoms with Gasteiger partial charge in [0.2, 0.25) is 6.79 Å². The molecule has 0 fully saturated rings. The van der Waals surface area contributed by atoms with Gasteiger partial charge in [0.1, 0.15) is 5.75 Å².